The highest BCUT2D eigenvalue weighted by Crippen LogP contribution is 2.19. The minimum absolute atomic E-state index is 0.00670. The van der Waals surface area contributed by atoms with Crippen LogP contribution in [0.4, 0.5) is 0 Å². The topological polar surface area (TPSA) is 96.5 Å². The molecule has 130 valence electrons. The van der Waals surface area contributed by atoms with Crippen LogP contribution < -0.4 is 20.7 Å². The van der Waals surface area contributed by atoms with E-state index in [2.05, 4.69) is 16.0 Å². The molecular weight excluding hydrogens is 310 g/mol. The summed E-state index contributed by atoms with van der Waals surface area (Å²) in [6.07, 6.45) is 0.986. The Hall–Kier alpha value is -2.57. The number of carbonyl (C=O) groups excluding carboxylic acids is 3. The van der Waals surface area contributed by atoms with Gasteiger partial charge in [-0.05, 0) is 38.5 Å². The van der Waals surface area contributed by atoms with Crippen LogP contribution in [0.25, 0.3) is 0 Å². The van der Waals surface area contributed by atoms with Gasteiger partial charge in [-0.25, -0.2) is 0 Å². The summed E-state index contributed by atoms with van der Waals surface area (Å²) >= 11 is 0. The third kappa shape index (κ3) is 4.47. The predicted octanol–water partition coefficient (Wildman–Crippen LogP) is 0.598. The monoisotopic (exact) mass is 333 g/mol. The molecule has 0 aliphatic carbocycles. The number of carbonyl (C=O) groups is 3. The van der Waals surface area contributed by atoms with E-state index in [4.69, 9.17) is 4.74 Å². The largest absolute Gasteiger partial charge is 0.484 e. The number of hydrogen-bond acceptors (Lipinski definition) is 4. The summed E-state index contributed by atoms with van der Waals surface area (Å²) in [6.45, 7) is 3.60. The van der Waals surface area contributed by atoms with Gasteiger partial charge in [0, 0.05) is 19.0 Å². The van der Waals surface area contributed by atoms with Crippen LogP contribution in [0.3, 0.4) is 0 Å². The Kier molecular flexibility index (Phi) is 5.43. The van der Waals surface area contributed by atoms with E-state index in [1.807, 2.05) is 13.8 Å². The van der Waals surface area contributed by atoms with E-state index in [0.717, 1.165) is 0 Å². The van der Waals surface area contributed by atoms with Gasteiger partial charge in [0.05, 0.1) is 11.6 Å². The highest BCUT2D eigenvalue weighted by Gasteiger charge is 2.36. The summed E-state index contributed by atoms with van der Waals surface area (Å²) in [6, 6.07) is 6.47. The van der Waals surface area contributed by atoms with Crippen molar-refractivity contribution in [3.05, 3.63) is 29.8 Å². The van der Waals surface area contributed by atoms with Crippen molar-refractivity contribution in [1.29, 1.82) is 0 Å². The molecule has 2 rings (SSSR count). The summed E-state index contributed by atoms with van der Waals surface area (Å²) in [4.78, 5) is 35.1. The van der Waals surface area contributed by atoms with Crippen LogP contribution in [-0.4, -0.2) is 43.0 Å². The van der Waals surface area contributed by atoms with Crippen LogP contribution >= 0.6 is 0 Å². The van der Waals surface area contributed by atoms with Crippen LogP contribution in [0.5, 0.6) is 5.75 Å². The normalized spacial score (nSPS) is 19.1. The molecule has 0 aromatic heterocycles. The molecule has 1 aliphatic rings. The van der Waals surface area contributed by atoms with Crippen molar-refractivity contribution in [3.8, 4) is 5.75 Å². The molecule has 1 heterocycles. The summed E-state index contributed by atoms with van der Waals surface area (Å²) in [5, 5.41) is 8.29. The van der Waals surface area contributed by atoms with E-state index in [-0.39, 0.29) is 30.4 Å². The van der Waals surface area contributed by atoms with Crippen LogP contribution in [0.1, 0.15) is 37.0 Å². The molecule has 0 bridgehead atoms. The Morgan fingerprint density at radius 1 is 1.38 bits per heavy atom. The Morgan fingerprint density at radius 3 is 2.79 bits per heavy atom. The third-order valence-corrected chi connectivity index (χ3v) is 4.02. The van der Waals surface area contributed by atoms with Gasteiger partial charge in [-0.1, -0.05) is 6.07 Å². The van der Waals surface area contributed by atoms with Crippen molar-refractivity contribution < 1.29 is 19.1 Å². The lowest BCUT2D eigenvalue weighted by Gasteiger charge is -2.39. The van der Waals surface area contributed by atoms with Crippen molar-refractivity contribution in [2.24, 2.45) is 0 Å². The van der Waals surface area contributed by atoms with E-state index in [9.17, 15) is 14.4 Å². The first-order valence-electron chi connectivity index (χ1n) is 7.87. The van der Waals surface area contributed by atoms with E-state index in [0.29, 0.717) is 24.2 Å². The van der Waals surface area contributed by atoms with Gasteiger partial charge < -0.3 is 20.7 Å². The van der Waals surface area contributed by atoms with E-state index in [1.165, 1.54) is 0 Å². The Morgan fingerprint density at radius 2 is 2.12 bits per heavy atom. The number of piperidine rings is 1. The molecule has 7 nitrogen and oxygen atoms in total. The second-order valence-electron chi connectivity index (χ2n) is 6.32. The van der Waals surface area contributed by atoms with Crippen molar-refractivity contribution in [3.63, 3.8) is 0 Å². The zero-order valence-electron chi connectivity index (χ0n) is 14.1. The van der Waals surface area contributed by atoms with Crippen molar-refractivity contribution >= 4 is 17.7 Å². The Balaban J connectivity index is 1.89. The maximum atomic E-state index is 12.1. The first-order chi connectivity index (χ1) is 11.3. The molecule has 1 fully saturated rings. The van der Waals surface area contributed by atoms with Gasteiger partial charge in [-0.2, -0.15) is 0 Å². The molecule has 1 aromatic rings. The van der Waals surface area contributed by atoms with E-state index >= 15 is 0 Å². The molecule has 0 radical (unpaired) electrons. The van der Waals surface area contributed by atoms with Crippen molar-refractivity contribution in [1.82, 2.24) is 16.0 Å². The molecule has 1 aromatic carbocycles. The van der Waals surface area contributed by atoms with Gasteiger partial charge >= 0.3 is 0 Å². The van der Waals surface area contributed by atoms with E-state index in [1.54, 1.807) is 31.3 Å². The maximum Gasteiger partial charge on any atom is 0.258 e. The molecule has 7 heteroatoms. The van der Waals surface area contributed by atoms with Crippen LogP contribution in [0, 0.1) is 0 Å². The number of rotatable bonds is 5. The van der Waals surface area contributed by atoms with Crippen LogP contribution in [-0.2, 0) is 9.59 Å². The fourth-order valence-corrected chi connectivity index (χ4v) is 2.65. The average molecular weight is 333 g/mol. The lowest BCUT2D eigenvalue weighted by atomic mass is 9.87. The predicted molar refractivity (Wildman–Crippen MR) is 88.7 cm³/mol. The van der Waals surface area contributed by atoms with Gasteiger partial charge in [-0.3, -0.25) is 14.4 Å². The summed E-state index contributed by atoms with van der Waals surface area (Å²) < 4.78 is 5.45. The molecule has 3 N–H and O–H groups in total. The minimum atomic E-state index is -0.496. The molecule has 24 heavy (non-hydrogen) atoms. The number of benzene rings is 1. The second kappa shape index (κ2) is 7.33. The molecule has 1 unspecified atom stereocenters. The zero-order valence-corrected chi connectivity index (χ0v) is 14.1. The van der Waals surface area contributed by atoms with Crippen molar-refractivity contribution in [2.45, 2.75) is 38.3 Å². The first kappa shape index (κ1) is 17.8. The van der Waals surface area contributed by atoms with Gasteiger partial charge in [0.1, 0.15) is 5.75 Å². The van der Waals surface area contributed by atoms with Gasteiger partial charge in [-0.15, -0.1) is 0 Å². The fraction of sp³-hybridized carbons (Fsp3) is 0.471. The van der Waals surface area contributed by atoms with Gasteiger partial charge in [0.15, 0.2) is 6.61 Å². The minimum Gasteiger partial charge on any atom is -0.484 e. The Bertz CT molecular complexity index is 642. The Labute approximate surface area is 141 Å². The third-order valence-electron chi connectivity index (χ3n) is 4.02. The zero-order chi connectivity index (χ0) is 17.7. The second-order valence-corrected chi connectivity index (χ2v) is 6.32. The SMILES string of the molecule is CNC(=O)c1cccc(OCC(=O)NC2CCC(=O)NC2(C)C)c1. The highest BCUT2D eigenvalue weighted by molar-refractivity contribution is 5.94. The van der Waals surface area contributed by atoms with Crippen LogP contribution in [0.15, 0.2) is 24.3 Å². The molecule has 0 spiro atoms. The molecule has 1 aliphatic heterocycles. The van der Waals surface area contributed by atoms with Gasteiger partial charge in [0.2, 0.25) is 5.91 Å². The van der Waals surface area contributed by atoms with Gasteiger partial charge in [0.25, 0.3) is 11.8 Å². The highest BCUT2D eigenvalue weighted by atomic mass is 16.5. The number of ether oxygens (including phenoxy) is 1. The average Bonchev–Trinajstić information content (AvgIpc) is 2.54. The fourth-order valence-electron chi connectivity index (χ4n) is 2.65. The van der Waals surface area contributed by atoms with Crippen molar-refractivity contribution in [2.75, 3.05) is 13.7 Å². The lowest BCUT2D eigenvalue weighted by molar-refractivity contribution is -0.129. The molecular formula is C17H23N3O4. The number of hydrogen-bond donors (Lipinski definition) is 3. The molecule has 3 amide bonds. The summed E-state index contributed by atoms with van der Waals surface area (Å²) in [7, 11) is 1.55. The first-order valence-corrected chi connectivity index (χ1v) is 7.87. The lowest BCUT2D eigenvalue weighted by Crippen LogP contribution is -2.62. The quantitative estimate of drug-likeness (QED) is 0.735. The van der Waals surface area contributed by atoms with E-state index < -0.39 is 5.54 Å². The number of nitrogens with one attached hydrogen (secondary N) is 3. The standard InChI is InChI=1S/C17H23N3O4/c1-17(2)13(7-8-14(21)20-17)19-15(22)10-24-12-6-4-5-11(9-12)16(23)18-3/h4-6,9,13H,7-8,10H2,1-3H3,(H,18,23)(H,19,22)(H,20,21). The molecule has 1 atom stereocenters. The molecule has 1 saturated heterocycles. The number of amides is 3. The summed E-state index contributed by atoms with van der Waals surface area (Å²) in [5.74, 6) is -0.0469. The molecule has 0 saturated carbocycles. The van der Waals surface area contributed by atoms with Crippen LogP contribution in [0.2, 0.25) is 0 Å². The maximum absolute atomic E-state index is 12.1. The summed E-state index contributed by atoms with van der Waals surface area (Å²) in [5.41, 5.74) is -0.0315. The smallest absolute Gasteiger partial charge is 0.258 e.